The van der Waals surface area contributed by atoms with E-state index < -0.39 is 23.4 Å². The molecule has 1 amide bonds. The number of amides is 1. The number of aromatic nitrogens is 1. The van der Waals surface area contributed by atoms with Crippen molar-refractivity contribution >= 4 is 22.8 Å². The summed E-state index contributed by atoms with van der Waals surface area (Å²) >= 11 is 0. The van der Waals surface area contributed by atoms with Crippen molar-refractivity contribution in [3.63, 3.8) is 0 Å². The van der Waals surface area contributed by atoms with Gasteiger partial charge in [0.15, 0.2) is 11.5 Å². The Bertz CT molecular complexity index is 644. The molecule has 1 heterocycles. The minimum Gasteiger partial charge on any atom is -0.504 e. The first-order valence-corrected chi connectivity index (χ1v) is 4.52. The number of carbonyl (C=O) groups excluding carboxylic acids is 1. The van der Waals surface area contributed by atoms with E-state index in [4.69, 9.17) is 10.8 Å². The third-order valence-electron chi connectivity index (χ3n) is 2.35. The molecule has 0 bridgehead atoms. The Morgan fingerprint density at radius 3 is 2.29 bits per heavy atom. The molecular formula is C10H8N2O5. The van der Waals surface area contributed by atoms with Crippen LogP contribution in [0.5, 0.6) is 11.5 Å². The third-order valence-corrected chi connectivity index (χ3v) is 2.35. The van der Waals surface area contributed by atoms with Crippen molar-refractivity contribution in [2.24, 2.45) is 5.73 Å². The normalized spacial score (nSPS) is 10.6. The summed E-state index contributed by atoms with van der Waals surface area (Å²) in [5.41, 5.74) is 4.67. The molecule has 0 aliphatic carbocycles. The van der Waals surface area contributed by atoms with Gasteiger partial charge in [-0.3, -0.25) is 4.79 Å². The quantitative estimate of drug-likeness (QED) is 0.480. The van der Waals surface area contributed by atoms with E-state index in [0.29, 0.717) is 0 Å². The number of nitrogens with two attached hydrogens (primary N) is 1. The molecule has 0 aliphatic heterocycles. The van der Waals surface area contributed by atoms with Crippen molar-refractivity contribution in [2.75, 3.05) is 0 Å². The summed E-state index contributed by atoms with van der Waals surface area (Å²) in [6.45, 7) is 0. The highest BCUT2D eigenvalue weighted by molar-refractivity contribution is 6.14. The number of phenolic OH excluding ortho intramolecular Hbond substituents is 2. The van der Waals surface area contributed by atoms with Crippen molar-refractivity contribution < 1.29 is 24.9 Å². The first-order chi connectivity index (χ1) is 7.91. The fourth-order valence-electron chi connectivity index (χ4n) is 1.64. The summed E-state index contributed by atoms with van der Waals surface area (Å²) in [4.78, 5) is 24.5. The van der Waals surface area contributed by atoms with E-state index in [0.717, 1.165) is 12.1 Å². The second-order valence-electron chi connectivity index (χ2n) is 3.43. The van der Waals surface area contributed by atoms with Crippen molar-refractivity contribution in [1.29, 1.82) is 0 Å². The molecule has 1 aromatic heterocycles. The van der Waals surface area contributed by atoms with Crippen LogP contribution in [0.1, 0.15) is 20.8 Å². The van der Waals surface area contributed by atoms with Gasteiger partial charge in [-0.05, 0) is 6.07 Å². The molecule has 0 saturated carbocycles. The minimum absolute atomic E-state index is 0.144. The Morgan fingerprint density at radius 2 is 1.76 bits per heavy atom. The number of carboxylic acid groups (broad SMARTS) is 1. The van der Waals surface area contributed by atoms with Crippen LogP contribution in [0.4, 0.5) is 0 Å². The molecule has 6 N–H and O–H groups in total. The topological polar surface area (TPSA) is 137 Å². The number of hydrogen-bond donors (Lipinski definition) is 5. The predicted octanol–water partition coefficient (Wildman–Crippen LogP) is 0.376. The molecule has 7 nitrogen and oxygen atoms in total. The number of fused-ring (bicyclic) bond motifs is 1. The van der Waals surface area contributed by atoms with Crippen LogP contribution in [0.25, 0.3) is 10.9 Å². The fourth-order valence-corrected chi connectivity index (χ4v) is 1.64. The van der Waals surface area contributed by atoms with Crippen LogP contribution in [0.15, 0.2) is 12.1 Å². The van der Waals surface area contributed by atoms with Gasteiger partial charge < -0.3 is 26.0 Å². The van der Waals surface area contributed by atoms with Gasteiger partial charge in [-0.25, -0.2) is 4.79 Å². The van der Waals surface area contributed by atoms with Crippen LogP contribution in [0.3, 0.4) is 0 Å². The van der Waals surface area contributed by atoms with Gasteiger partial charge in [-0.2, -0.15) is 0 Å². The Morgan fingerprint density at radius 1 is 1.18 bits per heavy atom. The molecule has 88 valence electrons. The number of phenols is 2. The number of hydrogen-bond acceptors (Lipinski definition) is 4. The number of H-pyrrole nitrogens is 1. The molecule has 2 aromatic rings. The van der Waals surface area contributed by atoms with Gasteiger partial charge in [0.25, 0.3) is 5.91 Å². The Labute approximate surface area is 94.1 Å². The maximum atomic E-state index is 11.2. The molecule has 0 aliphatic rings. The smallest absolute Gasteiger partial charge is 0.353 e. The average molecular weight is 236 g/mol. The summed E-state index contributed by atoms with van der Waals surface area (Å²) in [6, 6.07) is 2.19. The second kappa shape index (κ2) is 3.41. The van der Waals surface area contributed by atoms with Crippen LogP contribution >= 0.6 is 0 Å². The summed E-state index contributed by atoms with van der Waals surface area (Å²) < 4.78 is 0. The van der Waals surface area contributed by atoms with E-state index in [9.17, 15) is 19.8 Å². The SMILES string of the molecule is NC(=O)c1c(C(=O)O)[nH]c2cc(O)c(O)cc12. The van der Waals surface area contributed by atoms with E-state index in [1.807, 2.05) is 0 Å². The first kappa shape index (κ1) is 10.8. The van der Waals surface area contributed by atoms with E-state index in [1.165, 1.54) is 0 Å². The molecule has 0 spiro atoms. The Kier molecular flexibility index (Phi) is 2.17. The Balaban J connectivity index is 2.90. The van der Waals surface area contributed by atoms with Gasteiger partial charge in [0, 0.05) is 11.5 Å². The van der Waals surface area contributed by atoms with E-state index in [1.54, 1.807) is 0 Å². The predicted molar refractivity (Wildman–Crippen MR) is 57.1 cm³/mol. The molecule has 0 fully saturated rings. The van der Waals surface area contributed by atoms with E-state index in [-0.39, 0.29) is 22.2 Å². The fraction of sp³-hybridized carbons (Fsp3) is 0. The highest BCUT2D eigenvalue weighted by atomic mass is 16.4. The second-order valence-corrected chi connectivity index (χ2v) is 3.43. The van der Waals surface area contributed by atoms with Crippen molar-refractivity contribution in [2.45, 2.75) is 0 Å². The molecule has 0 atom stereocenters. The molecule has 0 unspecified atom stereocenters. The third kappa shape index (κ3) is 1.53. The van der Waals surface area contributed by atoms with E-state index in [2.05, 4.69) is 4.98 Å². The highest BCUT2D eigenvalue weighted by Gasteiger charge is 2.22. The van der Waals surface area contributed by atoms with Gasteiger partial charge in [-0.1, -0.05) is 0 Å². The van der Waals surface area contributed by atoms with Gasteiger partial charge >= 0.3 is 5.97 Å². The Hall–Kier alpha value is -2.70. The summed E-state index contributed by atoms with van der Waals surface area (Å²) in [7, 11) is 0. The first-order valence-electron chi connectivity index (χ1n) is 4.52. The van der Waals surface area contributed by atoms with Gasteiger partial charge in [0.05, 0.1) is 11.1 Å². The monoisotopic (exact) mass is 236 g/mol. The lowest BCUT2D eigenvalue weighted by molar-refractivity contribution is 0.0687. The number of rotatable bonds is 2. The largest absolute Gasteiger partial charge is 0.504 e. The summed E-state index contributed by atoms with van der Waals surface area (Å²) in [6.07, 6.45) is 0. The molecule has 0 saturated heterocycles. The standard InChI is InChI=1S/C10H8N2O5/c11-9(15)7-3-1-5(13)6(14)2-4(3)12-8(7)10(16)17/h1-2,12-14H,(H2,11,15)(H,16,17). The minimum atomic E-state index is -1.35. The molecule has 2 rings (SSSR count). The van der Waals surface area contributed by atoms with Crippen LogP contribution in [-0.4, -0.2) is 32.2 Å². The molecule has 17 heavy (non-hydrogen) atoms. The molecule has 1 aromatic carbocycles. The summed E-state index contributed by atoms with van der Waals surface area (Å²) in [5.74, 6) is -3.17. The average Bonchev–Trinajstić information content (AvgIpc) is 2.57. The van der Waals surface area contributed by atoms with Gasteiger partial charge in [0.1, 0.15) is 5.69 Å². The molecule has 0 radical (unpaired) electrons. The highest BCUT2D eigenvalue weighted by Crippen LogP contribution is 2.32. The zero-order chi connectivity index (χ0) is 12.7. The van der Waals surface area contributed by atoms with Crippen molar-refractivity contribution in [3.05, 3.63) is 23.4 Å². The number of nitrogens with one attached hydrogen (secondary N) is 1. The zero-order valence-electron chi connectivity index (χ0n) is 8.39. The maximum absolute atomic E-state index is 11.2. The maximum Gasteiger partial charge on any atom is 0.353 e. The van der Waals surface area contributed by atoms with Gasteiger partial charge in [0.2, 0.25) is 0 Å². The lowest BCUT2D eigenvalue weighted by atomic mass is 10.1. The van der Waals surface area contributed by atoms with Crippen LogP contribution in [0.2, 0.25) is 0 Å². The molecular weight excluding hydrogens is 228 g/mol. The van der Waals surface area contributed by atoms with Crippen LogP contribution in [-0.2, 0) is 0 Å². The van der Waals surface area contributed by atoms with Crippen LogP contribution < -0.4 is 5.73 Å². The number of benzene rings is 1. The lowest BCUT2D eigenvalue weighted by Gasteiger charge is -1.98. The van der Waals surface area contributed by atoms with Gasteiger partial charge in [-0.15, -0.1) is 0 Å². The number of aromatic carboxylic acids is 1. The van der Waals surface area contributed by atoms with E-state index >= 15 is 0 Å². The summed E-state index contributed by atoms with van der Waals surface area (Å²) in [5, 5.41) is 27.6. The number of aromatic hydroxyl groups is 2. The molecule has 7 heteroatoms. The number of carboxylic acids is 1. The van der Waals surface area contributed by atoms with Crippen molar-refractivity contribution in [3.8, 4) is 11.5 Å². The van der Waals surface area contributed by atoms with Crippen LogP contribution in [0, 0.1) is 0 Å². The number of primary amides is 1. The lowest BCUT2D eigenvalue weighted by Crippen LogP contribution is -2.15. The van der Waals surface area contributed by atoms with Crippen molar-refractivity contribution in [1.82, 2.24) is 4.98 Å². The zero-order valence-corrected chi connectivity index (χ0v) is 8.39. The number of carbonyl (C=O) groups is 2. The number of aromatic amines is 1.